The van der Waals surface area contributed by atoms with E-state index < -0.39 is 0 Å². The molecule has 2 aromatic carbocycles. The maximum Gasteiger partial charge on any atom is 0.231 e. The van der Waals surface area contributed by atoms with Crippen LogP contribution in [0, 0.1) is 6.92 Å². The van der Waals surface area contributed by atoms with E-state index in [0.29, 0.717) is 11.7 Å². The van der Waals surface area contributed by atoms with Gasteiger partial charge in [0, 0.05) is 6.54 Å². The number of hydrogen-bond donors (Lipinski definition) is 3. The lowest BCUT2D eigenvalue weighted by Crippen LogP contribution is -3.14. The van der Waals surface area contributed by atoms with Crippen molar-refractivity contribution < 1.29 is 19.1 Å². The molecule has 154 valence electrons. The number of morpholine rings is 1. The molecule has 0 saturated carbocycles. The minimum Gasteiger partial charge on any atom is -0.454 e. The fourth-order valence-corrected chi connectivity index (χ4v) is 3.86. The van der Waals surface area contributed by atoms with Crippen LogP contribution in [-0.2, 0) is 11.3 Å². The lowest BCUT2D eigenvalue weighted by molar-refractivity contribution is -0.909. The van der Waals surface area contributed by atoms with Gasteiger partial charge in [-0.25, -0.2) is 0 Å². The average Bonchev–Trinajstić information content (AvgIpc) is 3.21. The van der Waals surface area contributed by atoms with Crippen LogP contribution in [0.2, 0.25) is 0 Å². The number of quaternary nitrogens is 1. The summed E-state index contributed by atoms with van der Waals surface area (Å²) in [5.41, 5.74) is 3.61. The second kappa shape index (κ2) is 9.43. The Morgan fingerprint density at radius 1 is 1.07 bits per heavy atom. The number of rotatable bonds is 6. The van der Waals surface area contributed by atoms with Gasteiger partial charge in [0.2, 0.25) is 6.79 Å². The van der Waals surface area contributed by atoms with Gasteiger partial charge < -0.3 is 29.7 Å². The van der Waals surface area contributed by atoms with Crippen molar-refractivity contribution in [1.29, 1.82) is 0 Å². The summed E-state index contributed by atoms with van der Waals surface area (Å²) in [6.45, 7) is 7.70. The number of ether oxygens (including phenoxy) is 3. The topological polar surface area (TPSA) is 56.2 Å². The molecule has 0 aliphatic carbocycles. The minimum atomic E-state index is 0.153. The van der Waals surface area contributed by atoms with E-state index in [1.54, 1.807) is 0 Å². The van der Waals surface area contributed by atoms with E-state index in [1.807, 2.05) is 18.2 Å². The van der Waals surface area contributed by atoms with E-state index in [2.05, 4.69) is 41.8 Å². The number of nitrogens with one attached hydrogen (secondary N) is 3. The average molecular weight is 415 g/mol. The van der Waals surface area contributed by atoms with Gasteiger partial charge in [-0.1, -0.05) is 35.9 Å². The van der Waals surface area contributed by atoms with Crippen LogP contribution in [0.1, 0.15) is 22.7 Å². The largest absolute Gasteiger partial charge is 0.454 e. The Bertz CT molecular complexity index is 838. The zero-order valence-corrected chi connectivity index (χ0v) is 17.5. The predicted octanol–water partition coefficient (Wildman–Crippen LogP) is 1.34. The predicted molar refractivity (Wildman–Crippen MR) is 115 cm³/mol. The molecular weight excluding hydrogens is 386 g/mol. The highest BCUT2D eigenvalue weighted by Crippen LogP contribution is 2.32. The Morgan fingerprint density at radius 2 is 1.83 bits per heavy atom. The van der Waals surface area contributed by atoms with Gasteiger partial charge in [0.1, 0.15) is 25.7 Å². The first kappa shape index (κ1) is 19.9. The molecule has 0 aromatic heterocycles. The Hall–Kier alpha value is -2.35. The molecule has 0 radical (unpaired) electrons. The third-order valence-corrected chi connectivity index (χ3v) is 5.63. The van der Waals surface area contributed by atoms with Crippen LogP contribution in [-0.4, -0.2) is 44.8 Å². The van der Waals surface area contributed by atoms with Crippen LogP contribution in [0.5, 0.6) is 11.5 Å². The van der Waals surface area contributed by atoms with Gasteiger partial charge in [-0.05, 0) is 42.4 Å². The Morgan fingerprint density at radius 3 is 2.62 bits per heavy atom. The molecule has 2 aliphatic rings. The molecule has 2 aliphatic heterocycles. The molecule has 1 atom stereocenters. The molecule has 2 aromatic rings. The number of aryl methyl sites for hydroxylation is 1. The second-order valence-corrected chi connectivity index (χ2v) is 7.95. The third-order valence-electron chi connectivity index (χ3n) is 5.37. The Kier molecular flexibility index (Phi) is 6.49. The van der Waals surface area contributed by atoms with Crippen molar-refractivity contribution >= 4 is 17.3 Å². The lowest BCUT2D eigenvalue weighted by Gasteiger charge is -2.29. The first-order chi connectivity index (χ1) is 14.2. The van der Waals surface area contributed by atoms with Gasteiger partial charge in [-0.3, -0.25) is 0 Å². The van der Waals surface area contributed by atoms with Gasteiger partial charge in [0.25, 0.3) is 0 Å². The van der Waals surface area contributed by atoms with Crippen molar-refractivity contribution in [1.82, 2.24) is 10.6 Å². The van der Waals surface area contributed by atoms with E-state index in [4.69, 9.17) is 26.4 Å². The Balaban J connectivity index is 1.37. The van der Waals surface area contributed by atoms with Crippen molar-refractivity contribution in [2.45, 2.75) is 19.5 Å². The molecule has 1 saturated heterocycles. The molecule has 6 nitrogen and oxygen atoms in total. The van der Waals surface area contributed by atoms with E-state index >= 15 is 0 Å². The van der Waals surface area contributed by atoms with Crippen molar-refractivity contribution in [2.75, 3.05) is 39.6 Å². The normalized spacial score (nSPS) is 17.0. The summed E-state index contributed by atoms with van der Waals surface area (Å²) < 4.78 is 16.3. The van der Waals surface area contributed by atoms with Gasteiger partial charge in [0.15, 0.2) is 16.6 Å². The number of fused-ring (bicyclic) bond motifs is 1. The summed E-state index contributed by atoms with van der Waals surface area (Å²) in [6.07, 6.45) is 0. The molecule has 2 heterocycles. The number of benzene rings is 2. The van der Waals surface area contributed by atoms with Crippen LogP contribution in [0.4, 0.5) is 0 Å². The molecule has 0 unspecified atom stereocenters. The van der Waals surface area contributed by atoms with Crippen LogP contribution >= 0.6 is 12.2 Å². The third kappa shape index (κ3) is 5.38. The van der Waals surface area contributed by atoms with E-state index in [1.165, 1.54) is 16.0 Å². The fraction of sp³-hybridized carbons (Fsp3) is 0.409. The van der Waals surface area contributed by atoms with Crippen molar-refractivity contribution in [2.24, 2.45) is 0 Å². The summed E-state index contributed by atoms with van der Waals surface area (Å²) in [4.78, 5) is 1.54. The highest BCUT2D eigenvalue weighted by molar-refractivity contribution is 7.80. The molecule has 0 spiro atoms. The molecule has 0 amide bonds. The van der Waals surface area contributed by atoms with E-state index in [0.717, 1.165) is 49.9 Å². The quantitative estimate of drug-likeness (QED) is 0.621. The zero-order valence-electron chi connectivity index (χ0n) is 16.7. The van der Waals surface area contributed by atoms with Crippen LogP contribution < -0.4 is 25.0 Å². The molecule has 3 N–H and O–H groups in total. The second-order valence-electron chi connectivity index (χ2n) is 7.54. The van der Waals surface area contributed by atoms with Crippen molar-refractivity contribution in [3.05, 3.63) is 59.2 Å². The number of hydrogen-bond acceptors (Lipinski definition) is 4. The van der Waals surface area contributed by atoms with Gasteiger partial charge in [-0.2, -0.15) is 0 Å². The van der Waals surface area contributed by atoms with Crippen LogP contribution in [0.25, 0.3) is 0 Å². The zero-order chi connectivity index (χ0) is 20.1. The number of thiocarbonyl (C=S) groups is 1. The SMILES string of the molecule is Cc1ccc([C@H](C[NH+]2CCOCC2)NC(=S)NCc2ccc3c(c2)OCO3)cc1. The lowest BCUT2D eigenvalue weighted by atomic mass is 10.0. The first-order valence-electron chi connectivity index (χ1n) is 10.1. The molecule has 7 heteroatoms. The summed E-state index contributed by atoms with van der Waals surface area (Å²) in [5.74, 6) is 1.58. The first-order valence-corrected chi connectivity index (χ1v) is 10.5. The maximum atomic E-state index is 5.61. The van der Waals surface area contributed by atoms with Crippen LogP contribution in [0.3, 0.4) is 0 Å². The smallest absolute Gasteiger partial charge is 0.231 e. The molecule has 1 fully saturated rings. The maximum absolute atomic E-state index is 5.61. The van der Waals surface area contributed by atoms with Crippen molar-refractivity contribution in [3.8, 4) is 11.5 Å². The van der Waals surface area contributed by atoms with E-state index in [-0.39, 0.29) is 12.8 Å². The van der Waals surface area contributed by atoms with Gasteiger partial charge in [-0.15, -0.1) is 0 Å². The Labute approximate surface area is 177 Å². The highest BCUT2D eigenvalue weighted by atomic mass is 32.1. The van der Waals surface area contributed by atoms with E-state index in [9.17, 15) is 0 Å². The standard InChI is InChI=1S/C22H27N3O3S/c1-16-2-5-18(6-3-16)19(14-25-8-10-26-11-9-25)24-22(29)23-13-17-4-7-20-21(12-17)28-15-27-20/h2-7,12,19H,8-11,13-15H2,1H3,(H2,23,24,29)/p+1/t19-/m0/s1. The molecular formula is C22H28N3O3S+. The van der Waals surface area contributed by atoms with Gasteiger partial charge >= 0.3 is 0 Å². The van der Waals surface area contributed by atoms with Gasteiger partial charge in [0.05, 0.1) is 13.2 Å². The molecule has 29 heavy (non-hydrogen) atoms. The van der Waals surface area contributed by atoms with Crippen molar-refractivity contribution in [3.63, 3.8) is 0 Å². The summed E-state index contributed by atoms with van der Waals surface area (Å²) in [5, 5.41) is 7.51. The molecule has 0 bridgehead atoms. The fourth-order valence-electron chi connectivity index (χ4n) is 3.65. The molecule has 4 rings (SSSR count). The summed E-state index contributed by atoms with van der Waals surface area (Å²) in [7, 11) is 0. The highest BCUT2D eigenvalue weighted by Gasteiger charge is 2.22. The minimum absolute atomic E-state index is 0.153. The monoisotopic (exact) mass is 414 g/mol. The van der Waals surface area contributed by atoms with Crippen LogP contribution in [0.15, 0.2) is 42.5 Å². The summed E-state index contributed by atoms with van der Waals surface area (Å²) >= 11 is 5.61. The summed E-state index contributed by atoms with van der Waals surface area (Å²) in [6, 6.07) is 14.8.